The average molecular weight is 434 g/mol. The van der Waals surface area contributed by atoms with Gasteiger partial charge in [-0.3, -0.25) is 9.59 Å². The molecule has 0 atom stereocenters. The van der Waals surface area contributed by atoms with Gasteiger partial charge in [0.2, 0.25) is 0 Å². The summed E-state index contributed by atoms with van der Waals surface area (Å²) in [5.74, 6) is 0.383. The molecule has 0 saturated heterocycles. The average Bonchev–Trinajstić information content (AvgIpc) is 2.71. The number of anilines is 2. The number of carbonyl (C=O) groups excluding carboxylic acids is 1. The molecule has 0 aliphatic rings. The molecule has 11 nitrogen and oxygen atoms in total. The molecule has 11 heteroatoms. The molecular weight excluding hydrogens is 408 g/mol. The highest BCUT2D eigenvalue weighted by Crippen LogP contribution is 2.30. The molecule has 0 saturated carbocycles. The van der Waals surface area contributed by atoms with Gasteiger partial charge in [-0.25, -0.2) is 0 Å². The molecule has 31 heavy (non-hydrogen) atoms. The minimum Gasteiger partial charge on any atom is -0.497 e. The summed E-state index contributed by atoms with van der Waals surface area (Å²) in [6, 6.07) is 8.23. The third-order valence-electron chi connectivity index (χ3n) is 3.48. The van der Waals surface area contributed by atoms with Gasteiger partial charge in [0, 0.05) is 31.2 Å². The van der Waals surface area contributed by atoms with Gasteiger partial charge >= 0.3 is 0 Å². The second-order valence-electron chi connectivity index (χ2n) is 5.58. The summed E-state index contributed by atoms with van der Waals surface area (Å²) in [5, 5.41) is 16.2. The molecule has 2 rings (SSSR count). The molecule has 0 fully saturated rings. The van der Waals surface area contributed by atoms with Crippen LogP contribution in [-0.2, 0) is 4.79 Å². The number of hydrogen-bond donors (Lipinski definition) is 4. The minimum atomic E-state index is -0.833. The van der Waals surface area contributed by atoms with Gasteiger partial charge in [-0.15, -0.1) is 0 Å². The first-order chi connectivity index (χ1) is 14.6. The molecule has 0 unspecified atom stereocenters. The monoisotopic (exact) mass is 434 g/mol. The van der Waals surface area contributed by atoms with E-state index in [0.29, 0.717) is 34.2 Å². The predicted octanol–water partition coefficient (Wildman–Crippen LogP) is 1.63. The Bertz CT molecular complexity index is 952. The Labute approximate surface area is 179 Å². The molecule has 0 radical (unpaired) electrons. The van der Waals surface area contributed by atoms with Crippen LogP contribution in [0.3, 0.4) is 0 Å². The van der Waals surface area contributed by atoms with E-state index < -0.39 is 11.9 Å². The van der Waals surface area contributed by atoms with E-state index >= 15 is 0 Å². The molecule has 0 bridgehead atoms. The number of carboxylic acids is 1. The van der Waals surface area contributed by atoms with E-state index in [4.69, 9.17) is 51.3 Å². The van der Waals surface area contributed by atoms with Crippen molar-refractivity contribution in [3.8, 4) is 29.1 Å². The van der Waals surface area contributed by atoms with Gasteiger partial charge in [-0.05, 0) is 0 Å². The summed E-state index contributed by atoms with van der Waals surface area (Å²) in [7, 11) is 5.94. The molecule has 0 aliphatic heterocycles. The highest BCUT2D eigenvalue weighted by molar-refractivity contribution is 6.01. The van der Waals surface area contributed by atoms with E-state index in [-0.39, 0.29) is 11.3 Å². The third-order valence-corrected chi connectivity index (χ3v) is 3.48. The molecule has 0 aromatic heterocycles. The first-order valence-corrected chi connectivity index (χ1v) is 8.48. The number of nitriles is 1. The number of carboxylic acid groups (broad SMARTS) is 1. The second-order valence-corrected chi connectivity index (χ2v) is 5.58. The molecular formula is C20H26N4O7. The molecule has 0 spiro atoms. The van der Waals surface area contributed by atoms with Gasteiger partial charge in [0.1, 0.15) is 40.2 Å². The Hall–Kier alpha value is -4.33. The smallest absolute Gasteiger partial charge is 0.300 e. The van der Waals surface area contributed by atoms with Gasteiger partial charge in [0.05, 0.1) is 39.8 Å². The SMILES string of the molecule is CC(=O)O.COc1cc(N)c(C#N)c(OC)c1.COc1cc(N)c(C(N)=O)c(OC)c1. The zero-order valence-electron chi connectivity index (χ0n) is 17.9. The maximum Gasteiger partial charge on any atom is 0.300 e. The van der Waals surface area contributed by atoms with Gasteiger partial charge in [0.25, 0.3) is 11.9 Å². The van der Waals surface area contributed by atoms with Gasteiger partial charge in [0.15, 0.2) is 0 Å². The fraction of sp³-hybridized carbons (Fsp3) is 0.250. The number of nitrogens with two attached hydrogens (primary N) is 3. The summed E-state index contributed by atoms with van der Waals surface area (Å²) < 4.78 is 19.9. The highest BCUT2D eigenvalue weighted by atomic mass is 16.5. The molecule has 1 amide bonds. The Morgan fingerprint density at radius 2 is 1.29 bits per heavy atom. The van der Waals surface area contributed by atoms with Crippen LogP contribution in [0, 0.1) is 11.3 Å². The van der Waals surface area contributed by atoms with E-state index in [2.05, 4.69) is 0 Å². The van der Waals surface area contributed by atoms with Crippen LogP contribution in [0.15, 0.2) is 24.3 Å². The zero-order valence-corrected chi connectivity index (χ0v) is 17.9. The molecule has 0 heterocycles. The van der Waals surface area contributed by atoms with Crippen LogP contribution >= 0.6 is 0 Å². The maximum atomic E-state index is 11.0. The summed E-state index contributed by atoms with van der Waals surface area (Å²) in [6.07, 6.45) is 0. The van der Waals surface area contributed by atoms with Crippen molar-refractivity contribution in [1.82, 2.24) is 0 Å². The van der Waals surface area contributed by atoms with Crippen molar-refractivity contribution < 1.29 is 33.6 Å². The van der Waals surface area contributed by atoms with Crippen LogP contribution in [0.2, 0.25) is 0 Å². The lowest BCUT2D eigenvalue weighted by Gasteiger charge is -2.10. The fourth-order valence-corrected chi connectivity index (χ4v) is 2.16. The van der Waals surface area contributed by atoms with E-state index in [1.165, 1.54) is 34.5 Å². The van der Waals surface area contributed by atoms with Crippen LogP contribution in [0.1, 0.15) is 22.8 Å². The zero-order chi connectivity index (χ0) is 24.1. The Morgan fingerprint density at radius 3 is 1.65 bits per heavy atom. The quantitative estimate of drug-likeness (QED) is 0.502. The summed E-state index contributed by atoms with van der Waals surface area (Å²) >= 11 is 0. The second kappa shape index (κ2) is 13.0. The molecule has 7 N–H and O–H groups in total. The van der Waals surface area contributed by atoms with E-state index in [1.807, 2.05) is 6.07 Å². The van der Waals surface area contributed by atoms with Crippen LogP contribution in [0.4, 0.5) is 11.4 Å². The number of benzene rings is 2. The number of nitrogens with zero attached hydrogens (tertiary/aromatic N) is 1. The van der Waals surface area contributed by atoms with E-state index in [9.17, 15) is 4.79 Å². The van der Waals surface area contributed by atoms with Crippen LogP contribution < -0.4 is 36.1 Å². The number of ether oxygens (including phenoxy) is 4. The number of carbonyl (C=O) groups is 2. The summed E-state index contributed by atoms with van der Waals surface area (Å²) in [6.45, 7) is 1.08. The lowest BCUT2D eigenvalue weighted by molar-refractivity contribution is -0.134. The van der Waals surface area contributed by atoms with Crippen molar-refractivity contribution in [2.24, 2.45) is 5.73 Å². The summed E-state index contributed by atoms with van der Waals surface area (Å²) in [5.41, 5.74) is 17.5. The number of aliphatic carboxylic acids is 1. The summed E-state index contributed by atoms with van der Waals surface area (Å²) in [4.78, 5) is 20.0. The van der Waals surface area contributed by atoms with Crippen LogP contribution in [0.25, 0.3) is 0 Å². The molecule has 2 aromatic carbocycles. The predicted molar refractivity (Wildman–Crippen MR) is 114 cm³/mol. The topological polar surface area (TPSA) is 193 Å². The Kier molecular flexibility index (Phi) is 11.2. The van der Waals surface area contributed by atoms with Gasteiger partial charge in [-0.2, -0.15) is 5.26 Å². The van der Waals surface area contributed by atoms with Crippen LogP contribution in [0.5, 0.6) is 23.0 Å². The van der Waals surface area contributed by atoms with Gasteiger partial charge in [-0.1, -0.05) is 0 Å². The van der Waals surface area contributed by atoms with Crippen LogP contribution in [-0.4, -0.2) is 45.4 Å². The Morgan fingerprint density at radius 1 is 0.871 bits per heavy atom. The number of rotatable bonds is 5. The lowest BCUT2D eigenvalue weighted by atomic mass is 10.1. The van der Waals surface area contributed by atoms with Crippen molar-refractivity contribution in [3.63, 3.8) is 0 Å². The number of amides is 1. The standard InChI is InChI=1S/C9H12N2O3.C9H10N2O2.C2H4O2/c1-13-5-3-6(10)8(9(11)12)7(4-5)14-2;1-12-6-3-8(11)7(5-10)9(4-6)13-2;1-2(3)4/h3-4H,10H2,1-2H3,(H2,11,12);3-4H,11H2,1-2H3;1H3,(H,3,4). The lowest BCUT2D eigenvalue weighted by Crippen LogP contribution is -2.15. The van der Waals surface area contributed by atoms with E-state index in [0.717, 1.165) is 6.92 Å². The van der Waals surface area contributed by atoms with Crippen molar-refractivity contribution >= 4 is 23.3 Å². The minimum absolute atomic E-state index is 0.174. The van der Waals surface area contributed by atoms with Crippen molar-refractivity contribution in [3.05, 3.63) is 35.4 Å². The molecule has 168 valence electrons. The number of nitrogen functional groups attached to an aromatic ring is 2. The van der Waals surface area contributed by atoms with E-state index in [1.54, 1.807) is 18.2 Å². The maximum absolute atomic E-state index is 11.0. The normalized spacial score (nSPS) is 8.90. The van der Waals surface area contributed by atoms with Crippen molar-refractivity contribution in [2.75, 3.05) is 39.9 Å². The first kappa shape index (κ1) is 26.7. The van der Waals surface area contributed by atoms with Gasteiger partial charge < -0.3 is 41.3 Å². The first-order valence-electron chi connectivity index (χ1n) is 8.48. The molecule has 0 aliphatic carbocycles. The fourth-order valence-electron chi connectivity index (χ4n) is 2.16. The number of methoxy groups -OCH3 is 4. The van der Waals surface area contributed by atoms with Crippen molar-refractivity contribution in [2.45, 2.75) is 6.92 Å². The number of hydrogen-bond acceptors (Lipinski definition) is 9. The Balaban J connectivity index is 0.000000497. The molecule has 2 aromatic rings. The number of primary amides is 1. The largest absolute Gasteiger partial charge is 0.497 e. The third kappa shape index (κ3) is 8.28. The highest BCUT2D eigenvalue weighted by Gasteiger charge is 2.14. The van der Waals surface area contributed by atoms with Crippen molar-refractivity contribution in [1.29, 1.82) is 5.26 Å².